The number of hydrogen-bond donors (Lipinski definition) is 1. The van der Waals surface area contributed by atoms with E-state index in [0.29, 0.717) is 17.7 Å². The molecular formula is C13H25ClN2O. The number of nitrogens with two attached hydrogens (primary N) is 1. The van der Waals surface area contributed by atoms with Crippen LogP contribution in [0, 0.1) is 11.8 Å². The van der Waals surface area contributed by atoms with Crippen molar-refractivity contribution in [3.63, 3.8) is 0 Å². The van der Waals surface area contributed by atoms with E-state index in [1.165, 1.54) is 25.7 Å². The number of carbonyl (C=O) groups excluding carboxylic acids is 1. The summed E-state index contributed by atoms with van der Waals surface area (Å²) in [5.41, 5.74) is 5.71. The predicted molar refractivity (Wildman–Crippen MR) is 72.2 cm³/mol. The second-order valence-electron chi connectivity index (χ2n) is 5.36. The van der Waals surface area contributed by atoms with Crippen molar-refractivity contribution >= 4 is 18.3 Å². The number of halogens is 1. The molecule has 17 heavy (non-hydrogen) atoms. The van der Waals surface area contributed by atoms with Crippen molar-refractivity contribution in [1.82, 2.24) is 4.90 Å². The fraction of sp³-hybridized carbons (Fsp3) is 0.923. The van der Waals surface area contributed by atoms with Gasteiger partial charge in [0.1, 0.15) is 0 Å². The van der Waals surface area contributed by atoms with Gasteiger partial charge in [-0.2, -0.15) is 0 Å². The zero-order valence-electron chi connectivity index (χ0n) is 10.6. The first-order valence-corrected chi connectivity index (χ1v) is 6.80. The second-order valence-corrected chi connectivity index (χ2v) is 5.36. The van der Waals surface area contributed by atoms with E-state index in [1.54, 1.807) is 0 Å². The van der Waals surface area contributed by atoms with Crippen LogP contribution in [0.15, 0.2) is 0 Å². The minimum Gasteiger partial charge on any atom is -0.342 e. The maximum atomic E-state index is 12.3. The van der Waals surface area contributed by atoms with Crippen LogP contribution >= 0.6 is 12.4 Å². The number of likely N-dealkylation sites (tertiary alicyclic amines) is 1. The molecule has 1 atom stereocenters. The van der Waals surface area contributed by atoms with E-state index in [2.05, 4.69) is 4.90 Å². The third kappa shape index (κ3) is 3.85. The van der Waals surface area contributed by atoms with Crippen molar-refractivity contribution in [3.05, 3.63) is 0 Å². The van der Waals surface area contributed by atoms with Crippen LogP contribution in [0.2, 0.25) is 0 Å². The van der Waals surface area contributed by atoms with Crippen molar-refractivity contribution in [1.29, 1.82) is 0 Å². The first-order chi connectivity index (χ1) is 7.81. The van der Waals surface area contributed by atoms with Crippen molar-refractivity contribution in [2.45, 2.75) is 44.9 Å². The Morgan fingerprint density at radius 3 is 2.47 bits per heavy atom. The quantitative estimate of drug-likeness (QED) is 0.827. The Morgan fingerprint density at radius 2 is 1.82 bits per heavy atom. The monoisotopic (exact) mass is 260 g/mol. The molecule has 1 saturated carbocycles. The molecule has 1 saturated heterocycles. The lowest BCUT2D eigenvalue weighted by Gasteiger charge is -2.35. The van der Waals surface area contributed by atoms with Gasteiger partial charge in [-0.1, -0.05) is 19.3 Å². The number of carbonyl (C=O) groups is 1. The third-order valence-electron chi connectivity index (χ3n) is 4.12. The Labute approximate surface area is 111 Å². The van der Waals surface area contributed by atoms with Gasteiger partial charge in [0, 0.05) is 19.0 Å². The van der Waals surface area contributed by atoms with Gasteiger partial charge in [-0.05, 0) is 38.1 Å². The van der Waals surface area contributed by atoms with Crippen molar-refractivity contribution in [3.8, 4) is 0 Å². The molecule has 0 radical (unpaired) electrons. The summed E-state index contributed by atoms with van der Waals surface area (Å²) in [5, 5.41) is 0. The molecule has 2 aliphatic rings. The van der Waals surface area contributed by atoms with Gasteiger partial charge in [0.25, 0.3) is 0 Å². The molecule has 4 heteroatoms. The summed E-state index contributed by atoms with van der Waals surface area (Å²) in [6.07, 6.45) is 8.36. The number of nitrogens with zero attached hydrogens (tertiary/aromatic N) is 1. The van der Waals surface area contributed by atoms with Crippen molar-refractivity contribution in [2.24, 2.45) is 17.6 Å². The maximum Gasteiger partial charge on any atom is 0.225 e. The van der Waals surface area contributed by atoms with E-state index < -0.39 is 0 Å². The number of piperidine rings is 1. The van der Waals surface area contributed by atoms with E-state index in [1.807, 2.05) is 0 Å². The van der Waals surface area contributed by atoms with Crippen LogP contribution in [0.1, 0.15) is 44.9 Å². The number of hydrogen-bond acceptors (Lipinski definition) is 2. The van der Waals surface area contributed by atoms with E-state index in [9.17, 15) is 4.79 Å². The van der Waals surface area contributed by atoms with E-state index >= 15 is 0 Å². The second kappa shape index (κ2) is 7.22. The van der Waals surface area contributed by atoms with Gasteiger partial charge in [-0.15, -0.1) is 12.4 Å². The van der Waals surface area contributed by atoms with E-state index in [4.69, 9.17) is 5.73 Å². The van der Waals surface area contributed by atoms with Gasteiger partial charge in [-0.25, -0.2) is 0 Å². The first-order valence-electron chi connectivity index (χ1n) is 6.80. The summed E-state index contributed by atoms with van der Waals surface area (Å²) in [6, 6.07) is 0. The standard InChI is InChI=1S/C13H24N2O.ClH/c14-9-11-5-4-8-15(10-11)13(16)12-6-2-1-3-7-12;/h11-12H,1-10,14H2;1H. The topological polar surface area (TPSA) is 46.3 Å². The normalized spacial score (nSPS) is 26.4. The molecule has 0 bridgehead atoms. The Morgan fingerprint density at radius 1 is 1.12 bits per heavy atom. The molecule has 0 aromatic heterocycles. The molecule has 0 aromatic carbocycles. The molecule has 1 heterocycles. The predicted octanol–water partition coefficient (Wildman–Crippen LogP) is 2.19. The lowest BCUT2D eigenvalue weighted by molar-refractivity contribution is -0.138. The minimum atomic E-state index is 0. The Bertz CT molecular complexity index is 242. The average Bonchev–Trinajstić information content (AvgIpc) is 2.39. The maximum absolute atomic E-state index is 12.3. The minimum absolute atomic E-state index is 0. The molecule has 2 rings (SSSR count). The van der Waals surface area contributed by atoms with Gasteiger partial charge < -0.3 is 10.6 Å². The number of amides is 1. The Balaban J connectivity index is 0.00000144. The van der Waals surface area contributed by atoms with Crippen LogP contribution in [0.5, 0.6) is 0 Å². The van der Waals surface area contributed by atoms with Crippen LogP contribution in [-0.4, -0.2) is 30.4 Å². The lowest BCUT2D eigenvalue weighted by atomic mass is 9.87. The van der Waals surface area contributed by atoms with Gasteiger partial charge >= 0.3 is 0 Å². The number of rotatable bonds is 2. The Hall–Kier alpha value is -0.280. The Kier molecular flexibility index (Phi) is 6.28. The molecule has 3 nitrogen and oxygen atoms in total. The average molecular weight is 261 g/mol. The fourth-order valence-electron chi connectivity index (χ4n) is 3.07. The molecule has 0 spiro atoms. The largest absolute Gasteiger partial charge is 0.342 e. The van der Waals surface area contributed by atoms with Crippen molar-refractivity contribution in [2.75, 3.05) is 19.6 Å². The summed E-state index contributed by atoms with van der Waals surface area (Å²) in [5.74, 6) is 1.28. The van der Waals surface area contributed by atoms with Crippen LogP contribution in [0.25, 0.3) is 0 Å². The molecule has 1 aliphatic carbocycles. The van der Waals surface area contributed by atoms with Crippen molar-refractivity contribution < 1.29 is 4.79 Å². The van der Waals surface area contributed by atoms with Crippen LogP contribution in [0.3, 0.4) is 0 Å². The highest BCUT2D eigenvalue weighted by Crippen LogP contribution is 2.27. The first kappa shape index (κ1) is 14.8. The summed E-state index contributed by atoms with van der Waals surface area (Å²) < 4.78 is 0. The highest BCUT2D eigenvalue weighted by Gasteiger charge is 2.29. The molecule has 2 N–H and O–H groups in total. The van der Waals surface area contributed by atoms with Crippen LogP contribution in [-0.2, 0) is 4.79 Å². The zero-order chi connectivity index (χ0) is 11.4. The molecule has 100 valence electrons. The third-order valence-corrected chi connectivity index (χ3v) is 4.12. The summed E-state index contributed by atoms with van der Waals surface area (Å²) in [7, 11) is 0. The summed E-state index contributed by atoms with van der Waals surface area (Å²) in [6.45, 7) is 2.60. The van der Waals surface area contributed by atoms with E-state index in [0.717, 1.165) is 38.9 Å². The highest BCUT2D eigenvalue weighted by atomic mass is 35.5. The van der Waals surface area contributed by atoms with Crippen LogP contribution < -0.4 is 5.73 Å². The van der Waals surface area contributed by atoms with E-state index in [-0.39, 0.29) is 12.4 Å². The molecule has 1 aliphatic heterocycles. The molecule has 1 unspecified atom stereocenters. The SMILES string of the molecule is Cl.NCC1CCCN(C(=O)C2CCCCC2)C1. The zero-order valence-corrected chi connectivity index (χ0v) is 11.4. The molecule has 2 fully saturated rings. The van der Waals surface area contributed by atoms with Gasteiger partial charge in [-0.3, -0.25) is 4.79 Å². The van der Waals surface area contributed by atoms with Gasteiger partial charge in [0.05, 0.1) is 0 Å². The molecule has 1 amide bonds. The smallest absolute Gasteiger partial charge is 0.225 e. The molecular weight excluding hydrogens is 236 g/mol. The summed E-state index contributed by atoms with van der Waals surface area (Å²) in [4.78, 5) is 14.4. The lowest BCUT2D eigenvalue weighted by Crippen LogP contribution is -2.45. The van der Waals surface area contributed by atoms with Crippen LogP contribution in [0.4, 0.5) is 0 Å². The molecule has 0 aromatic rings. The van der Waals surface area contributed by atoms with Gasteiger partial charge in [0.2, 0.25) is 5.91 Å². The fourth-order valence-corrected chi connectivity index (χ4v) is 3.07. The van der Waals surface area contributed by atoms with Gasteiger partial charge in [0.15, 0.2) is 0 Å². The highest BCUT2D eigenvalue weighted by molar-refractivity contribution is 5.85. The summed E-state index contributed by atoms with van der Waals surface area (Å²) >= 11 is 0.